The van der Waals surface area contributed by atoms with Crippen LogP contribution < -0.4 is 0 Å². The predicted molar refractivity (Wildman–Crippen MR) is 288 cm³/mol. The fourth-order valence-electron chi connectivity index (χ4n) is 8.47. The van der Waals surface area contributed by atoms with Crippen LogP contribution in [0.1, 0.15) is 0 Å². The van der Waals surface area contributed by atoms with Gasteiger partial charge in [-0.3, -0.25) is 0 Å². The van der Waals surface area contributed by atoms with Gasteiger partial charge >= 0.3 is 0 Å². The smallest absolute Gasteiger partial charge is 0 e. The quantitative estimate of drug-likeness (QED) is 0.113. The molecule has 50 heavy (non-hydrogen) atoms. The van der Waals surface area contributed by atoms with Crippen LogP contribution >= 0.6 is 0 Å². The molecule has 0 aliphatic carbocycles. The van der Waals surface area contributed by atoms with Crippen molar-refractivity contribution in [3.05, 3.63) is 0 Å². The van der Waals surface area contributed by atoms with Crippen molar-refractivity contribution in [2.45, 2.75) is 0 Å². The molecule has 0 atom stereocenters. The molecular weight excluding hydrogens is 541 g/mol. The fraction of sp³-hybridized carbons (Fsp3) is 0. The van der Waals surface area contributed by atoms with E-state index in [2.05, 4.69) is 0 Å². The van der Waals surface area contributed by atoms with Crippen LogP contribution in [0.5, 0.6) is 0 Å². The van der Waals surface area contributed by atoms with Gasteiger partial charge in [0.15, 0.2) is 0 Å². The van der Waals surface area contributed by atoms with Crippen molar-refractivity contribution < 1.29 is 0 Å². The SMILES string of the molecule is [B]B([B])B(B([B])[B])B(B([B])[B])B(B(B([B])[B])B([B])[B])B(B(B(B([B])[B])B([B])[B])B(B([B])[B])B([B])[B])B(B(B([B])[B])B([B])[B])B(B([B])[B])B([B])[B]. The number of rotatable bonds is 23. The highest BCUT2D eigenvalue weighted by Gasteiger charge is 2.60. The molecule has 0 bridgehead atoms. The zero-order valence-corrected chi connectivity index (χ0v) is 28.9. The van der Waals surface area contributed by atoms with Crippen molar-refractivity contribution in [3.63, 3.8) is 0 Å². The van der Waals surface area contributed by atoms with Gasteiger partial charge in [-0.15, -0.1) is 0 Å². The molecule has 0 nitrogen and oxygen atoms in total. The molecule has 0 fully saturated rings. The summed E-state index contributed by atoms with van der Waals surface area (Å²) in [5, 5.41) is 0. The highest BCUT2D eigenvalue weighted by Crippen LogP contribution is 2.22. The third kappa shape index (κ3) is 14.3. The first-order valence-corrected chi connectivity index (χ1v) is 16.3. The van der Waals surface area contributed by atoms with E-state index >= 15 is 0 Å². The van der Waals surface area contributed by atoms with Crippen LogP contribution in [0.2, 0.25) is 0 Å². The Morgan fingerprint density at radius 1 is 0.100 bits per heavy atom. The highest BCUT2D eigenvalue weighted by atomic mass is 13.4. The van der Waals surface area contributed by atoms with E-state index in [9.17, 15) is 0 Å². The lowest BCUT2D eigenvalue weighted by Gasteiger charge is -2.57. The molecule has 0 aromatic rings. The van der Waals surface area contributed by atoms with Gasteiger partial charge in [-0.25, -0.2) is 0 Å². The zero-order valence-electron chi connectivity index (χ0n) is 28.9. The summed E-state index contributed by atoms with van der Waals surface area (Å²) in [4.78, 5) is 0. The van der Waals surface area contributed by atoms with Crippen LogP contribution in [0, 0.1) is 0 Å². The lowest BCUT2D eigenvalue weighted by atomic mass is 8.24. The molecular formula is B50. The zero-order chi connectivity index (χ0) is 39.9. The van der Waals surface area contributed by atoms with Gasteiger partial charge in [0.05, 0.1) is 0 Å². The van der Waals surface area contributed by atoms with Gasteiger partial charge in [0.2, 0.25) is 0 Å². The molecule has 0 unspecified atom stereocenters. The van der Waals surface area contributed by atoms with Crippen molar-refractivity contribution in [2.75, 3.05) is 0 Å². The molecule has 0 amide bonds. The minimum absolute atomic E-state index is 1.15. The van der Waals surface area contributed by atoms with Gasteiger partial charge in [-0.2, -0.15) is 0 Å². The predicted octanol–water partition coefficient (Wildman–Crippen LogP) is -19.0. The normalized spacial score (nSPS) is 9.68. The Bertz CT molecular complexity index is 730. The van der Waals surface area contributed by atoms with Gasteiger partial charge in [0, 0.05) is 354 Å². The van der Waals surface area contributed by atoms with E-state index in [0.717, 1.165) is 0 Å². The Morgan fingerprint density at radius 3 is 0.300 bits per heavy atom. The average molecular weight is 541 g/mol. The summed E-state index contributed by atoms with van der Waals surface area (Å²) < 4.78 is 0. The van der Waals surface area contributed by atoms with E-state index in [1.165, 1.54) is 0 Å². The monoisotopic (exact) mass is 550 g/mol. The minimum Gasteiger partial charge on any atom is 0 e. The van der Waals surface area contributed by atoms with Gasteiger partial charge in [0.1, 0.15) is 0 Å². The first kappa shape index (κ1) is 53.2. The van der Waals surface area contributed by atoms with Gasteiger partial charge in [-0.05, 0) is 0 Å². The Balaban J connectivity index is 9.52. The molecule has 0 aromatic heterocycles. The second kappa shape index (κ2) is 24.2. The molecule has 0 aliphatic rings. The molecule has 0 aliphatic heterocycles. The minimum atomic E-state index is -1.39. The fourth-order valence-corrected chi connectivity index (χ4v) is 8.47. The summed E-state index contributed by atoms with van der Waals surface area (Å²) in [7, 11) is 167. The number of hydrogen-bond donors (Lipinski definition) is 0. The molecule has 0 spiro atoms. The molecule has 0 rings (SSSR count). The Morgan fingerprint density at radius 2 is 0.180 bits per heavy atom. The lowest BCUT2D eigenvalue weighted by Crippen LogP contribution is -2.95. The number of hydrogen-bond acceptors (Lipinski definition) is 0. The average Bonchev–Trinajstić information content (AvgIpc) is 2.88. The topological polar surface area (TPSA) is 0 Å². The molecule has 0 aromatic carbocycles. The third-order valence-corrected chi connectivity index (χ3v) is 10.2. The molecule has 52 radical (unpaired) electrons. The molecule has 0 saturated heterocycles. The molecule has 50 heteroatoms. The van der Waals surface area contributed by atoms with E-state index in [-0.39, 0.29) is 0 Å². The standard InChI is InChI=1S/B50/c1-27(2)40(28(3)4)46(39(25)26)49(45(37(21)22)38(23)24)50(47(41(29(5)6)30(7)8)42(31(9)10)32(11)12)48(43(33(13)14)34(15)16)44(35(17)18)36(19)20. The van der Waals surface area contributed by atoms with Crippen LogP contribution in [0.3, 0.4) is 0 Å². The maximum atomic E-state index is 6.57. The Hall–Kier alpha value is 3.25. The summed E-state index contributed by atoms with van der Waals surface area (Å²) >= 11 is 0. The molecule has 150 valence electrons. The first-order valence-electron chi connectivity index (χ1n) is 16.3. The lowest BCUT2D eigenvalue weighted by molar-refractivity contribution is 3.19. The van der Waals surface area contributed by atoms with Crippen LogP contribution in [-0.2, 0) is 0 Å². The van der Waals surface area contributed by atoms with Gasteiger partial charge in [0.25, 0.3) is 0 Å². The maximum Gasteiger partial charge on any atom is 0 e. The molecule has 0 N–H and O–H groups in total. The summed E-state index contributed by atoms with van der Waals surface area (Å²) in [6.07, 6.45) is -31.0. The van der Waals surface area contributed by atoms with E-state index < -0.39 is 153 Å². The van der Waals surface area contributed by atoms with Gasteiger partial charge in [-0.1, -0.05) is 0 Å². The summed E-state index contributed by atoms with van der Waals surface area (Å²) in [6.45, 7) is 0. The third-order valence-electron chi connectivity index (χ3n) is 10.2. The largest absolute Gasteiger partial charge is 0 e. The second-order valence-electron chi connectivity index (χ2n) is 13.9. The van der Waals surface area contributed by atoms with Crippen molar-refractivity contribution in [3.8, 4) is 0 Å². The molecule has 0 heterocycles. The summed E-state index contributed by atoms with van der Waals surface area (Å²) in [6, 6.07) is 0. The van der Waals surface area contributed by atoms with Crippen LogP contribution in [-0.4, -0.2) is 354 Å². The summed E-state index contributed by atoms with van der Waals surface area (Å²) in [5.41, 5.74) is 0. The van der Waals surface area contributed by atoms with Crippen molar-refractivity contribution in [2.24, 2.45) is 0 Å². The Kier molecular flexibility index (Phi) is 25.8. The first-order chi connectivity index (χ1) is 22.7. The molecule has 0 saturated carbocycles. The summed E-state index contributed by atoms with van der Waals surface area (Å²) in [5.74, 6) is 0. The van der Waals surface area contributed by atoms with Crippen LogP contribution in [0.15, 0.2) is 0 Å². The van der Waals surface area contributed by atoms with Crippen LogP contribution in [0.25, 0.3) is 0 Å². The van der Waals surface area contributed by atoms with E-state index in [4.69, 9.17) is 201 Å². The Labute approximate surface area is 351 Å². The highest BCUT2D eigenvalue weighted by molar-refractivity contribution is 8.35. The maximum absolute atomic E-state index is 6.57. The second-order valence-corrected chi connectivity index (χ2v) is 13.9. The van der Waals surface area contributed by atoms with Crippen LogP contribution in [0.4, 0.5) is 0 Å². The van der Waals surface area contributed by atoms with Crippen molar-refractivity contribution >= 4 is 354 Å². The van der Waals surface area contributed by atoms with E-state index in [0.29, 0.717) is 0 Å². The van der Waals surface area contributed by atoms with Crippen molar-refractivity contribution in [1.29, 1.82) is 0 Å². The van der Waals surface area contributed by atoms with Crippen molar-refractivity contribution in [1.82, 2.24) is 0 Å². The van der Waals surface area contributed by atoms with E-state index in [1.54, 1.807) is 0 Å². The van der Waals surface area contributed by atoms with Gasteiger partial charge < -0.3 is 0 Å². The van der Waals surface area contributed by atoms with E-state index in [1.807, 2.05) is 0 Å².